The molecule has 0 radical (unpaired) electrons. The lowest BCUT2D eigenvalue weighted by molar-refractivity contribution is 0.399. The van der Waals surface area contributed by atoms with Crippen LogP contribution < -0.4 is 16.4 Å². The number of aliphatic hydroxyl groups excluding tert-OH is 1. The van der Waals surface area contributed by atoms with Crippen LogP contribution in [0.2, 0.25) is 0 Å². The van der Waals surface area contributed by atoms with Crippen LogP contribution in [0.4, 0.5) is 17.2 Å². The summed E-state index contributed by atoms with van der Waals surface area (Å²) in [6.45, 7) is 3.24. The highest BCUT2D eigenvalue weighted by molar-refractivity contribution is 5.67. The molecule has 1 aromatic rings. The number of nitrogens with zero attached hydrogens (tertiary/aromatic N) is 2. The molecule has 1 aliphatic heterocycles. The number of rotatable bonds is 1. The molecule has 2 rings (SSSR count). The van der Waals surface area contributed by atoms with E-state index in [1.54, 1.807) is 12.3 Å². The molecule has 0 spiro atoms. The van der Waals surface area contributed by atoms with Crippen LogP contribution in [0.15, 0.2) is 12.3 Å². The van der Waals surface area contributed by atoms with Crippen molar-refractivity contribution in [2.45, 2.75) is 25.8 Å². The molecule has 1 unspecified atom stereocenters. The lowest BCUT2D eigenvalue weighted by atomic mass is 10.2. The third-order valence-corrected chi connectivity index (χ3v) is 2.74. The van der Waals surface area contributed by atoms with E-state index in [2.05, 4.69) is 16.8 Å². The van der Waals surface area contributed by atoms with Gasteiger partial charge >= 0.3 is 0 Å². The highest BCUT2D eigenvalue weighted by atomic mass is 16.2. The highest BCUT2D eigenvalue weighted by Gasteiger charge is 2.22. The summed E-state index contributed by atoms with van der Waals surface area (Å²) in [6.07, 6.45) is 4.09. The lowest BCUT2D eigenvalue weighted by Crippen LogP contribution is -2.28. The van der Waals surface area contributed by atoms with Crippen LogP contribution in [0.25, 0.3) is 0 Å². The van der Waals surface area contributed by atoms with Gasteiger partial charge in [-0.05, 0) is 25.8 Å². The molecule has 5 heteroatoms. The van der Waals surface area contributed by atoms with Gasteiger partial charge in [-0.25, -0.2) is 4.98 Å². The predicted molar refractivity (Wildman–Crippen MR) is 67.2 cm³/mol. The van der Waals surface area contributed by atoms with Crippen LogP contribution in [-0.4, -0.2) is 29.8 Å². The summed E-state index contributed by atoms with van der Waals surface area (Å²) < 4.78 is 0. The molecule has 90 valence electrons. The van der Waals surface area contributed by atoms with Gasteiger partial charge in [-0.15, -0.1) is 0 Å². The summed E-state index contributed by atoms with van der Waals surface area (Å²) >= 11 is 0. The van der Waals surface area contributed by atoms with Gasteiger partial charge in [-0.2, -0.15) is 0 Å². The number of pyridine rings is 1. The van der Waals surface area contributed by atoms with Crippen molar-refractivity contribution in [3.63, 3.8) is 0 Å². The van der Waals surface area contributed by atoms with Crippen molar-refractivity contribution in [3.8, 4) is 0 Å². The molecule has 0 aromatic carbocycles. The second-order valence-corrected chi connectivity index (χ2v) is 3.87. The lowest BCUT2D eigenvalue weighted by Gasteiger charge is -2.23. The number of hydrogen-bond donors (Lipinski definition) is 3. The fraction of sp³-hybridized carbons (Fsp3) is 0.545. The molecular formula is C11H20N4O. The molecule has 16 heavy (non-hydrogen) atoms. The van der Waals surface area contributed by atoms with E-state index in [9.17, 15) is 0 Å². The third kappa shape index (κ3) is 2.55. The molecule has 0 aliphatic carbocycles. The number of nitrogen functional groups attached to an aromatic ring is 2. The molecule has 0 bridgehead atoms. The second kappa shape index (κ2) is 5.55. The number of aromatic nitrogens is 1. The van der Waals surface area contributed by atoms with E-state index in [4.69, 9.17) is 16.6 Å². The predicted octanol–water partition coefficient (Wildman–Crippen LogP) is 0.843. The standard InChI is InChI=1S/C10H16N4.CH4O/c1-7-3-2-4-14(7)10-9(12)5-8(11)6-13-10;1-2/h5-7H,2-4,11-12H2,1H3;2H,1H3. The summed E-state index contributed by atoms with van der Waals surface area (Å²) in [5, 5.41) is 7.00. The molecular weight excluding hydrogens is 204 g/mol. The number of nitrogens with two attached hydrogens (primary N) is 2. The van der Waals surface area contributed by atoms with Gasteiger partial charge in [0.25, 0.3) is 0 Å². The fourth-order valence-electron chi connectivity index (χ4n) is 1.98. The number of hydrogen-bond acceptors (Lipinski definition) is 5. The average Bonchev–Trinajstić information content (AvgIpc) is 2.68. The second-order valence-electron chi connectivity index (χ2n) is 3.87. The molecule has 1 aliphatic rings. The minimum absolute atomic E-state index is 0.536. The van der Waals surface area contributed by atoms with Gasteiger partial charge in [0.15, 0.2) is 5.82 Å². The number of aliphatic hydroxyl groups is 1. The number of anilines is 3. The van der Waals surface area contributed by atoms with Crippen LogP contribution in [-0.2, 0) is 0 Å². The van der Waals surface area contributed by atoms with Crippen molar-refractivity contribution in [2.75, 3.05) is 30.0 Å². The van der Waals surface area contributed by atoms with Crippen LogP contribution in [0.1, 0.15) is 19.8 Å². The summed E-state index contributed by atoms with van der Waals surface area (Å²) in [5.41, 5.74) is 12.8. The van der Waals surface area contributed by atoms with E-state index in [0.717, 1.165) is 19.5 Å². The molecule has 5 N–H and O–H groups in total. The first-order valence-electron chi connectivity index (χ1n) is 5.41. The summed E-state index contributed by atoms with van der Waals surface area (Å²) in [4.78, 5) is 6.53. The Balaban J connectivity index is 0.000000606. The Labute approximate surface area is 96.1 Å². The van der Waals surface area contributed by atoms with Gasteiger partial charge in [0, 0.05) is 19.7 Å². The van der Waals surface area contributed by atoms with Crippen LogP contribution in [0.3, 0.4) is 0 Å². The molecule has 2 heterocycles. The summed E-state index contributed by atoms with van der Waals surface area (Å²) in [6, 6.07) is 2.31. The smallest absolute Gasteiger partial charge is 0.152 e. The Hall–Kier alpha value is -1.49. The molecule has 0 amide bonds. The summed E-state index contributed by atoms with van der Waals surface area (Å²) in [5.74, 6) is 0.879. The Bertz CT molecular complexity index is 343. The van der Waals surface area contributed by atoms with E-state index in [1.807, 2.05) is 0 Å². The first-order chi connectivity index (χ1) is 7.68. The first kappa shape index (κ1) is 12.6. The minimum atomic E-state index is 0.536. The molecule has 1 saturated heterocycles. The van der Waals surface area contributed by atoms with E-state index >= 15 is 0 Å². The zero-order valence-electron chi connectivity index (χ0n) is 9.85. The maximum absolute atomic E-state index is 7.00. The van der Waals surface area contributed by atoms with Gasteiger partial charge in [0.1, 0.15) is 0 Å². The van der Waals surface area contributed by atoms with E-state index in [-0.39, 0.29) is 0 Å². The van der Waals surface area contributed by atoms with Crippen molar-refractivity contribution in [3.05, 3.63) is 12.3 Å². The molecule has 0 saturated carbocycles. The first-order valence-corrected chi connectivity index (χ1v) is 5.41. The van der Waals surface area contributed by atoms with Crippen LogP contribution in [0, 0.1) is 0 Å². The van der Waals surface area contributed by atoms with Crippen molar-refractivity contribution < 1.29 is 5.11 Å². The third-order valence-electron chi connectivity index (χ3n) is 2.74. The zero-order chi connectivity index (χ0) is 12.1. The average molecular weight is 224 g/mol. The quantitative estimate of drug-likeness (QED) is 0.658. The largest absolute Gasteiger partial charge is 0.400 e. The Kier molecular flexibility index (Phi) is 4.37. The van der Waals surface area contributed by atoms with Gasteiger partial charge in [-0.3, -0.25) is 0 Å². The summed E-state index contributed by atoms with van der Waals surface area (Å²) in [7, 11) is 1.00. The van der Waals surface area contributed by atoms with Crippen molar-refractivity contribution >= 4 is 17.2 Å². The van der Waals surface area contributed by atoms with Crippen molar-refractivity contribution in [2.24, 2.45) is 0 Å². The monoisotopic (exact) mass is 224 g/mol. The zero-order valence-corrected chi connectivity index (χ0v) is 9.85. The molecule has 1 fully saturated rings. The van der Waals surface area contributed by atoms with Gasteiger partial charge in [0.2, 0.25) is 0 Å². The van der Waals surface area contributed by atoms with Gasteiger partial charge < -0.3 is 21.5 Å². The normalized spacial score (nSPS) is 19.2. The maximum Gasteiger partial charge on any atom is 0.152 e. The molecule has 5 nitrogen and oxygen atoms in total. The van der Waals surface area contributed by atoms with Crippen LogP contribution in [0.5, 0.6) is 0 Å². The fourth-order valence-corrected chi connectivity index (χ4v) is 1.98. The SMILES string of the molecule is CC1CCCN1c1ncc(N)cc1N.CO. The molecule has 1 aromatic heterocycles. The van der Waals surface area contributed by atoms with Gasteiger partial charge in [0.05, 0.1) is 17.6 Å². The minimum Gasteiger partial charge on any atom is -0.400 e. The van der Waals surface area contributed by atoms with E-state index < -0.39 is 0 Å². The van der Waals surface area contributed by atoms with Crippen LogP contribution >= 0.6 is 0 Å². The van der Waals surface area contributed by atoms with Gasteiger partial charge in [-0.1, -0.05) is 0 Å². The molecule has 1 atom stereocenters. The topological polar surface area (TPSA) is 88.4 Å². The van der Waals surface area contributed by atoms with Crippen molar-refractivity contribution in [1.82, 2.24) is 4.98 Å². The Morgan fingerprint density at radius 3 is 2.62 bits per heavy atom. The van der Waals surface area contributed by atoms with E-state index in [0.29, 0.717) is 17.4 Å². The Morgan fingerprint density at radius 1 is 1.44 bits per heavy atom. The highest BCUT2D eigenvalue weighted by Crippen LogP contribution is 2.28. The maximum atomic E-state index is 7.00. The van der Waals surface area contributed by atoms with Crippen molar-refractivity contribution in [1.29, 1.82) is 0 Å². The Morgan fingerprint density at radius 2 is 2.12 bits per heavy atom. The van der Waals surface area contributed by atoms with E-state index in [1.165, 1.54) is 12.8 Å².